The van der Waals surface area contributed by atoms with Crippen LogP contribution in [0.3, 0.4) is 0 Å². The molecule has 8 rings (SSSR count). The lowest BCUT2D eigenvalue weighted by molar-refractivity contribution is 0.426. The maximum atomic E-state index is 6.20. The van der Waals surface area contributed by atoms with Gasteiger partial charge >= 0.3 is 0 Å². The average Bonchev–Trinajstić information content (AvgIpc) is 3.33. The van der Waals surface area contributed by atoms with Crippen molar-refractivity contribution in [2.75, 3.05) is 0 Å². The Balaban J connectivity index is 1.42. The quantitative estimate of drug-likeness (QED) is 0.228. The molecule has 2 aliphatic rings. The topological polar surface area (TPSA) is 9.23 Å². The van der Waals surface area contributed by atoms with E-state index in [0.29, 0.717) is 0 Å². The van der Waals surface area contributed by atoms with Crippen molar-refractivity contribution in [1.82, 2.24) is 0 Å². The van der Waals surface area contributed by atoms with Gasteiger partial charge in [-0.3, -0.25) is 0 Å². The molecule has 0 amide bonds. The van der Waals surface area contributed by atoms with Crippen LogP contribution in [0.1, 0.15) is 23.5 Å². The number of fused-ring (bicyclic) bond motifs is 6. The standard InChI is InChI=1S/C36H24O/c1-2-12-25-23(10-1)11-9-18-27(25)36-30-16-5-3-14-28(30)35(29-15-4-6-17-31(29)36)24-20-21-34-32(22-24)26-13-7-8-19-33(26)37-34/h1-21,32H,22H2. The van der Waals surface area contributed by atoms with E-state index in [1.54, 1.807) is 0 Å². The van der Waals surface area contributed by atoms with Crippen LogP contribution in [0, 0.1) is 0 Å². The highest BCUT2D eigenvalue weighted by molar-refractivity contribution is 6.21. The van der Waals surface area contributed by atoms with Gasteiger partial charge in [-0.15, -0.1) is 0 Å². The fourth-order valence-electron chi connectivity index (χ4n) is 6.44. The van der Waals surface area contributed by atoms with Crippen molar-refractivity contribution < 1.29 is 4.74 Å². The molecule has 1 heteroatoms. The minimum atomic E-state index is 0.270. The van der Waals surface area contributed by atoms with Crippen molar-refractivity contribution in [2.45, 2.75) is 12.3 Å². The summed E-state index contributed by atoms with van der Waals surface area (Å²) in [4.78, 5) is 0. The summed E-state index contributed by atoms with van der Waals surface area (Å²) in [7, 11) is 0. The highest BCUT2D eigenvalue weighted by Gasteiger charge is 2.33. The molecule has 6 aromatic rings. The summed E-state index contributed by atoms with van der Waals surface area (Å²) in [6.45, 7) is 0. The lowest BCUT2D eigenvalue weighted by Crippen LogP contribution is -2.05. The van der Waals surface area contributed by atoms with Gasteiger partial charge in [0.05, 0.1) is 0 Å². The zero-order chi connectivity index (χ0) is 24.3. The largest absolute Gasteiger partial charge is 0.461 e. The second-order valence-electron chi connectivity index (χ2n) is 10.0. The summed E-state index contributed by atoms with van der Waals surface area (Å²) in [5, 5.41) is 7.76. The van der Waals surface area contributed by atoms with E-state index in [2.05, 4.69) is 127 Å². The molecule has 1 unspecified atom stereocenters. The van der Waals surface area contributed by atoms with Gasteiger partial charge in [-0.1, -0.05) is 115 Å². The Morgan fingerprint density at radius 2 is 1.11 bits per heavy atom. The Labute approximate surface area is 216 Å². The molecule has 1 aliphatic carbocycles. The van der Waals surface area contributed by atoms with E-state index in [0.717, 1.165) is 17.9 Å². The molecule has 1 nitrogen and oxygen atoms in total. The molecule has 0 radical (unpaired) electrons. The number of ether oxygens (including phenoxy) is 1. The minimum Gasteiger partial charge on any atom is -0.461 e. The Morgan fingerprint density at radius 1 is 0.514 bits per heavy atom. The maximum absolute atomic E-state index is 6.20. The molecule has 37 heavy (non-hydrogen) atoms. The zero-order valence-corrected chi connectivity index (χ0v) is 20.3. The minimum absolute atomic E-state index is 0.270. The molecule has 0 spiro atoms. The third-order valence-electron chi connectivity index (χ3n) is 8.05. The molecular weight excluding hydrogens is 448 g/mol. The van der Waals surface area contributed by atoms with Gasteiger partial charge in [-0.05, 0) is 73.1 Å². The van der Waals surface area contributed by atoms with Crippen LogP contribution in [0.2, 0.25) is 0 Å². The number of hydrogen-bond donors (Lipinski definition) is 0. The van der Waals surface area contributed by atoms with E-state index in [1.807, 2.05) is 0 Å². The lowest BCUT2D eigenvalue weighted by Gasteiger charge is -2.23. The fourth-order valence-corrected chi connectivity index (χ4v) is 6.44. The van der Waals surface area contributed by atoms with Crippen molar-refractivity contribution in [3.8, 4) is 16.9 Å². The average molecular weight is 473 g/mol. The smallest absolute Gasteiger partial charge is 0.130 e. The molecule has 0 saturated carbocycles. The number of benzene rings is 6. The van der Waals surface area contributed by atoms with Crippen LogP contribution < -0.4 is 4.74 Å². The van der Waals surface area contributed by atoms with E-state index in [1.165, 1.54) is 60.1 Å². The summed E-state index contributed by atoms with van der Waals surface area (Å²) in [6.07, 6.45) is 5.40. The van der Waals surface area contributed by atoms with Crippen molar-refractivity contribution in [1.29, 1.82) is 0 Å². The first-order valence-electron chi connectivity index (χ1n) is 13.0. The maximum Gasteiger partial charge on any atom is 0.130 e. The molecule has 1 aliphatic heterocycles. The SMILES string of the molecule is C1=C(c2c3ccccc3c(-c3cccc4ccccc34)c3ccccc23)CC2C(=C1)Oc1ccccc12. The summed E-state index contributed by atoms with van der Waals surface area (Å²) < 4.78 is 6.20. The first-order valence-corrected chi connectivity index (χ1v) is 13.0. The van der Waals surface area contributed by atoms with Gasteiger partial charge in [0, 0.05) is 11.5 Å². The normalized spacial score (nSPS) is 16.3. The van der Waals surface area contributed by atoms with Crippen LogP contribution in [0.15, 0.2) is 133 Å². The Kier molecular flexibility index (Phi) is 4.41. The van der Waals surface area contributed by atoms with E-state index < -0.39 is 0 Å². The van der Waals surface area contributed by atoms with Crippen LogP contribution in [-0.4, -0.2) is 0 Å². The van der Waals surface area contributed by atoms with Gasteiger partial charge in [-0.25, -0.2) is 0 Å². The molecule has 1 heterocycles. The van der Waals surface area contributed by atoms with Crippen LogP contribution in [-0.2, 0) is 0 Å². The first kappa shape index (κ1) is 20.6. The van der Waals surface area contributed by atoms with E-state index in [4.69, 9.17) is 4.74 Å². The number of allylic oxidation sites excluding steroid dienone is 4. The predicted molar refractivity (Wildman–Crippen MR) is 155 cm³/mol. The summed E-state index contributed by atoms with van der Waals surface area (Å²) in [6, 6.07) is 41.7. The molecular formula is C36H24O. The van der Waals surface area contributed by atoms with E-state index >= 15 is 0 Å². The molecule has 0 saturated heterocycles. The lowest BCUT2D eigenvalue weighted by atomic mass is 9.80. The molecule has 0 N–H and O–H groups in total. The highest BCUT2D eigenvalue weighted by Crippen LogP contribution is 2.50. The molecule has 0 bridgehead atoms. The second-order valence-corrected chi connectivity index (χ2v) is 10.0. The van der Waals surface area contributed by atoms with Gasteiger partial charge in [0.1, 0.15) is 11.5 Å². The van der Waals surface area contributed by atoms with Crippen LogP contribution in [0.25, 0.3) is 49.0 Å². The van der Waals surface area contributed by atoms with Gasteiger partial charge in [0.2, 0.25) is 0 Å². The predicted octanol–water partition coefficient (Wildman–Crippen LogP) is 9.66. The summed E-state index contributed by atoms with van der Waals surface area (Å²) in [5.41, 5.74) is 6.60. The van der Waals surface area contributed by atoms with Crippen molar-refractivity contribution in [3.63, 3.8) is 0 Å². The monoisotopic (exact) mass is 472 g/mol. The Hall–Kier alpha value is -4.62. The number of rotatable bonds is 2. The van der Waals surface area contributed by atoms with Crippen molar-refractivity contribution in [3.05, 3.63) is 144 Å². The molecule has 0 fully saturated rings. The van der Waals surface area contributed by atoms with E-state index in [-0.39, 0.29) is 5.92 Å². The summed E-state index contributed by atoms with van der Waals surface area (Å²) in [5.74, 6) is 2.33. The molecule has 1 atom stereocenters. The molecule has 6 aromatic carbocycles. The zero-order valence-electron chi connectivity index (χ0n) is 20.3. The third-order valence-corrected chi connectivity index (χ3v) is 8.05. The van der Waals surface area contributed by atoms with Gasteiger partial charge < -0.3 is 4.74 Å². The number of para-hydroxylation sites is 1. The van der Waals surface area contributed by atoms with Gasteiger partial charge in [0.25, 0.3) is 0 Å². The summed E-state index contributed by atoms with van der Waals surface area (Å²) >= 11 is 0. The highest BCUT2D eigenvalue weighted by atomic mass is 16.5. The van der Waals surface area contributed by atoms with E-state index in [9.17, 15) is 0 Å². The van der Waals surface area contributed by atoms with Crippen LogP contribution in [0.4, 0.5) is 0 Å². The Bertz CT molecular complexity index is 1880. The van der Waals surface area contributed by atoms with Crippen LogP contribution in [0.5, 0.6) is 5.75 Å². The third kappa shape index (κ3) is 3.04. The van der Waals surface area contributed by atoms with Crippen LogP contribution >= 0.6 is 0 Å². The molecule has 174 valence electrons. The van der Waals surface area contributed by atoms with Crippen molar-refractivity contribution >= 4 is 37.9 Å². The van der Waals surface area contributed by atoms with Gasteiger partial charge in [0.15, 0.2) is 0 Å². The first-order chi connectivity index (χ1) is 18.4. The number of hydrogen-bond acceptors (Lipinski definition) is 1. The van der Waals surface area contributed by atoms with Gasteiger partial charge in [-0.2, -0.15) is 0 Å². The van der Waals surface area contributed by atoms with Crippen molar-refractivity contribution in [2.24, 2.45) is 0 Å². The Morgan fingerprint density at radius 3 is 1.86 bits per heavy atom. The molecule has 0 aromatic heterocycles. The second kappa shape index (κ2) is 7.94. The fraction of sp³-hybridized carbons (Fsp3) is 0.0556.